The molecule has 10 nitrogen and oxygen atoms in total. The molecule has 1 aliphatic rings. The number of hydrogen-bond acceptors (Lipinski definition) is 9. The normalized spacial score (nSPS) is 22.6. The molecule has 0 bridgehead atoms. The Kier molecular flexibility index (Phi) is 7.82. The molecule has 0 aromatic carbocycles. The Morgan fingerprint density at radius 2 is 1.91 bits per heavy atom. The molecule has 0 amide bonds. The minimum Gasteiger partial charge on any atom is -0.411 e. The van der Waals surface area contributed by atoms with E-state index >= 15 is 0 Å². The summed E-state index contributed by atoms with van der Waals surface area (Å²) in [4.78, 5) is 12.7. The monoisotopic (exact) mass is 497 g/mol. The van der Waals surface area contributed by atoms with Gasteiger partial charge < -0.3 is 23.9 Å². The predicted molar refractivity (Wildman–Crippen MR) is 130 cm³/mol. The van der Waals surface area contributed by atoms with Gasteiger partial charge in [0.15, 0.2) is 19.8 Å². The highest BCUT2D eigenvalue weighted by Gasteiger charge is 2.45. The Morgan fingerprint density at radius 1 is 1.24 bits per heavy atom. The summed E-state index contributed by atoms with van der Waals surface area (Å²) in [7, 11) is -5.48. The number of rotatable bonds is 9. The average molecular weight is 498 g/mol. The van der Waals surface area contributed by atoms with E-state index in [0.717, 1.165) is 0 Å². The topological polar surface area (TPSA) is 124 Å². The fraction of sp³-hybridized carbons (Fsp3) is 0.667. The summed E-state index contributed by atoms with van der Waals surface area (Å²) in [5, 5.41) is 0.0225. The van der Waals surface area contributed by atoms with Crippen molar-refractivity contribution in [1.29, 1.82) is 0 Å². The molecule has 1 saturated heterocycles. The van der Waals surface area contributed by atoms with E-state index in [1.165, 1.54) is 12.1 Å². The second-order valence-electron chi connectivity index (χ2n) is 9.51. The smallest absolute Gasteiger partial charge is 0.353 e. The fourth-order valence-electron chi connectivity index (χ4n) is 3.43. The number of ether oxygens (including phenoxy) is 1. The highest BCUT2D eigenvalue weighted by molar-refractivity contribution is 7.57. The summed E-state index contributed by atoms with van der Waals surface area (Å²) in [6.07, 6.45) is 4.30. The van der Waals surface area contributed by atoms with E-state index in [-0.39, 0.29) is 30.6 Å². The van der Waals surface area contributed by atoms with Gasteiger partial charge in [0.05, 0.1) is 25.6 Å². The first kappa shape index (κ1) is 26.0. The third-order valence-corrected chi connectivity index (χ3v) is 12.4. The van der Waals surface area contributed by atoms with Crippen molar-refractivity contribution in [2.45, 2.75) is 77.6 Å². The van der Waals surface area contributed by atoms with Crippen LogP contribution in [0, 0.1) is 0 Å². The Morgan fingerprint density at radius 3 is 2.52 bits per heavy atom. The Balaban J connectivity index is 1.93. The van der Waals surface area contributed by atoms with Crippen LogP contribution in [0.2, 0.25) is 18.1 Å². The van der Waals surface area contributed by atoms with E-state index < -0.39 is 22.0 Å². The molecule has 0 aliphatic carbocycles. The second-order valence-corrected chi connectivity index (χ2v) is 16.2. The maximum atomic E-state index is 13.0. The van der Waals surface area contributed by atoms with E-state index in [0.29, 0.717) is 23.4 Å². The molecule has 184 valence electrons. The lowest BCUT2D eigenvalue weighted by Crippen LogP contribution is -2.45. The van der Waals surface area contributed by atoms with Crippen molar-refractivity contribution in [2.24, 2.45) is 0 Å². The first-order valence-corrected chi connectivity index (χ1v) is 15.8. The summed E-state index contributed by atoms with van der Waals surface area (Å²) < 4.78 is 38.7. The second kappa shape index (κ2) is 9.93. The molecular weight excluding hydrogens is 461 g/mol. The van der Waals surface area contributed by atoms with Gasteiger partial charge in [0.2, 0.25) is 0 Å². The van der Waals surface area contributed by atoms with Crippen LogP contribution in [0.1, 0.15) is 47.3 Å². The number of hydrogen-bond donors (Lipinski definition) is 1. The Hall–Kier alpha value is -1.62. The summed E-state index contributed by atoms with van der Waals surface area (Å²) in [6, 6.07) is 0. The first-order chi connectivity index (χ1) is 15.4. The molecule has 12 heteroatoms. The van der Waals surface area contributed by atoms with Gasteiger partial charge in [-0.15, -0.1) is 0 Å². The maximum Gasteiger partial charge on any atom is 0.353 e. The number of nitrogens with zero attached hydrogens (tertiary/aromatic N) is 4. The molecule has 2 N–H and O–H groups in total. The molecule has 3 heterocycles. The largest absolute Gasteiger partial charge is 0.411 e. The lowest BCUT2D eigenvalue weighted by molar-refractivity contribution is 0.0107. The van der Waals surface area contributed by atoms with Crippen molar-refractivity contribution >= 4 is 32.9 Å². The highest BCUT2D eigenvalue weighted by Crippen LogP contribution is 2.50. The number of anilines is 1. The number of imidazole rings is 1. The van der Waals surface area contributed by atoms with E-state index in [4.69, 9.17) is 23.9 Å². The van der Waals surface area contributed by atoms with Crippen molar-refractivity contribution in [1.82, 2.24) is 19.5 Å². The van der Waals surface area contributed by atoms with Gasteiger partial charge in [-0.2, -0.15) is 0 Å². The summed E-state index contributed by atoms with van der Waals surface area (Å²) in [5.74, 6) is 1.80. The van der Waals surface area contributed by atoms with Crippen LogP contribution < -0.4 is 5.73 Å². The molecule has 1 unspecified atom stereocenters. The van der Waals surface area contributed by atoms with Gasteiger partial charge in [0, 0.05) is 12.2 Å². The average Bonchev–Trinajstić information content (AvgIpc) is 3.30. The van der Waals surface area contributed by atoms with Crippen LogP contribution >= 0.6 is 7.60 Å². The molecule has 2 aromatic heterocycles. The van der Waals surface area contributed by atoms with E-state index in [9.17, 15) is 4.57 Å². The lowest BCUT2D eigenvalue weighted by Gasteiger charge is -2.39. The zero-order valence-electron chi connectivity index (χ0n) is 20.5. The fourth-order valence-corrected chi connectivity index (χ4v) is 6.12. The molecule has 0 spiro atoms. The molecule has 3 rings (SSSR count). The first-order valence-electron chi connectivity index (χ1n) is 11.2. The SMILES string of the molecule is CCOP(=O)(/C=C/[C@H]1O[C@@H](n2cnc3c(N)ncnc32)CC1O[Si](C)(C)C(C)(C)C)OCC. The quantitative estimate of drug-likeness (QED) is 0.382. The molecule has 3 atom stereocenters. The predicted octanol–water partition coefficient (Wildman–Crippen LogP) is 4.87. The number of nitrogens with two attached hydrogens (primary N) is 1. The van der Waals surface area contributed by atoms with Crippen LogP contribution in [0.4, 0.5) is 5.82 Å². The third-order valence-electron chi connectivity index (χ3n) is 6.14. The third kappa shape index (κ3) is 5.72. The van der Waals surface area contributed by atoms with Crippen LogP contribution in [-0.4, -0.2) is 53.3 Å². The molecular formula is C21H36N5O5PSi. The van der Waals surface area contributed by atoms with Crippen LogP contribution in [0.25, 0.3) is 11.2 Å². The van der Waals surface area contributed by atoms with E-state index in [1.807, 2.05) is 4.57 Å². The minimum absolute atomic E-state index is 0.0225. The molecule has 0 saturated carbocycles. The molecule has 1 fully saturated rings. The molecule has 0 radical (unpaired) electrons. The van der Waals surface area contributed by atoms with Gasteiger partial charge in [0.1, 0.15) is 24.2 Å². The van der Waals surface area contributed by atoms with E-state index in [1.54, 1.807) is 26.3 Å². The zero-order chi connectivity index (χ0) is 24.4. The van der Waals surface area contributed by atoms with Gasteiger partial charge in [0.25, 0.3) is 0 Å². The van der Waals surface area contributed by atoms with E-state index in [2.05, 4.69) is 48.8 Å². The van der Waals surface area contributed by atoms with Crippen LogP contribution in [0.5, 0.6) is 0 Å². The summed E-state index contributed by atoms with van der Waals surface area (Å²) in [6.45, 7) is 15.1. The number of nitrogen functional groups attached to an aromatic ring is 1. The van der Waals surface area contributed by atoms with Gasteiger partial charge >= 0.3 is 7.60 Å². The maximum absolute atomic E-state index is 13.0. The van der Waals surface area contributed by atoms with Crippen LogP contribution in [0.15, 0.2) is 24.5 Å². The molecule has 1 aliphatic heterocycles. The summed E-state index contributed by atoms with van der Waals surface area (Å²) in [5.41, 5.74) is 7.07. The van der Waals surface area contributed by atoms with Crippen molar-refractivity contribution in [2.75, 3.05) is 18.9 Å². The van der Waals surface area contributed by atoms with Crippen molar-refractivity contribution in [3.63, 3.8) is 0 Å². The van der Waals surface area contributed by atoms with Crippen molar-refractivity contribution < 1.29 is 22.8 Å². The van der Waals surface area contributed by atoms with Crippen molar-refractivity contribution in [3.05, 3.63) is 24.5 Å². The van der Waals surface area contributed by atoms with Gasteiger partial charge in [-0.1, -0.05) is 20.8 Å². The van der Waals surface area contributed by atoms with Crippen LogP contribution in [0.3, 0.4) is 0 Å². The van der Waals surface area contributed by atoms with Crippen molar-refractivity contribution in [3.8, 4) is 0 Å². The number of fused-ring (bicyclic) bond motifs is 1. The molecule has 2 aromatic rings. The number of aromatic nitrogens is 4. The minimum atomic E-state index is -3.37. The lowest BCUT2D eigenvalue weighted by atomic mass is 10.2. The van der Waals surface area contributed by atoms with Gasteiger partial charge in [-0.3, -0.25) is 9.13 Å². The Bertz CT molecular complexity index is 1030. The van der Waals surface area contributed by atoms with Crippen LogP contribution in [-0.2, 0) is 22.8 Å². The summed E-state index contributed by atoms with van der Waals surface area (Å²) >= 11 is 0. The molecule has 33 heavy (non-hydrogen) atoms. The highest BCUT2D eigenvalue weighted by atomic mass is 31.2. The standard InChI is InChI=1S/C21H36N5O5PSi/c1-8-28-32(27,29-9-2)11-10-15-16(31-33(6,7)21(3,4)5)12-17(30-15)26-14-25-18-19(22)23-13-24-20(18)26/h10-11,13-17H,8-9,12H2,1-7H3,(H2,22,23,24)/b11-10+/t15-,16?,17-/m1/s1. The zero-order valence-corrected chi connectivity index (χ0v) is 22.4. The van der Waals surface area contributed by atoms with Gasteiger partial charge in [-0.25, -0.2) is 15.0 Å². The Labute approximate surface area is 196 Å². The van der Waals surface area contributed by atoms with Gasteiger partial charge in [-0.05, 0) is 38.1 Å².